The van der Waals surface area contributed by atoms with Crippen LogP contribution in [-0.4, -0.2) is 29.0 Å². The molecule has 1 aromatic heterocycles. The highest BCUT2D eigenvalue weighted by Crippen LogP contribution is 2.29. The van der Waals surface area contributed by atoms with Crippen molar-refractivity contribution in [1.82, 2.24) is 9.78 Å². The number of aromatic nitrogens is 2. The molecule has 0 aromatic carbocycles. The van der Waals surface area contributed by atoms with Gasteiger partial charge in [0, 0.05) is 14.2 Å². The molecule has 1 heterocycles. The van der Waals surface area contributed by atoms with Gasteiger partial charge in [-0.2, -0.15) is 5.10 Å². The van der Waals surface area contributed by atoms with Gasteiger partial charge in [0.1, 0.15) is 5.82 Å². The van der Waals surface area contributed by atoms with Gasteiger partial charge in [0.15, 0.2) is 0 Å². The Hall–Kier alpha value is -1.23. The highest BCUT2D eigenvalue weighted by atomic mass is 16.5. The molecule has 0 spiro atoms. The molecule has 3 N–H and O–H groups in total. The van der Waals surface area contributed by atoms with Gasteiger partial charge in [-0.1, -0.05) is 13.3 Å². The fourth-order valence-electron chi connectivity index (χ4n) is 2.74. The molecule has 1 fully saturated rings. The van der Waals surface area contributed by atoms with E-state index in [9.17, 15) is 0 Å². The zero-order valence-electron chi connectivity index (χ0n) is 11.6. The molecular formula is C13H24N4O. The first-order chi connectivity index (χ1) is 8.67. The van der Waals surface area contributed by atoms with E-state index in [0.29, 0.717) is 6.04 Å². The molecule has 1 saturated carbocycles. The summed E-state index contributed by atoms with van der Waals surface area (Å²) < 4.78 is 7.35. The predicted molar refractivity (Wildman–Crippen MR) is 73.7 cm³/mol. The molecule has 0 aliphatic heterocycles. The van der Waals surface area contributed by atoms with Crippen LogP contribution in [0.4, 0.5) is 11.5 Å². The van der Waals surface area contributed by atoms with Crippen LogP contribution in [0.5, 0.6) is 0 Å². The molecular weight excluding hydrogens is 228 g/mol. The number of methoxy groups -OCH3 is 1. The number of ether oxygens (including phenoxy) is 1. The number of anilines is 2. The monoisotopic (exact) mass is 252 g/mol. The zero-order valence-corrected chi connectivity index (χ0v) is 11.6. The van der Waals surface area contributed by atoms with Crippen LogP contribution in [0.15, 0.2) is 0 Å². The number of rotatable bonds is 5. The van der Waals surface area contributed by atoms with Crippen LogP contribution in [0, 0.1) is 0 Å². The van der Waals surface area contributed by atoms with Gasteiger partial charge in [-0.15, -0.1) is 0 Å². The highest BCUT2D eigenvalue weighted by Gasteiger charge is 2.28. The van der Waals surface area contributed by atoms with E-state index in [4.69, 9.17) is 10.5 Å². The van der Waals surface area contributed by atoms with Crippen LogP contribution >= 0.6 is 0 Å². The fourth-order valence-corrected chi connectivity index (χ4v) is 2.74. The van der Waals surface area contributed by atoms with Crippen molar-refractivity contribution in [3.05, 3.63) is 5.69 Å². The lowest BCUT2D eigenvalue weighted by atomic mass is 10.2. The van der Waals surface area contributed by atoms with Crippen LogP contribution in [0.3, 0.4) is 0 Å². The van der Waals surface area contributed by atoms with Gasteiger partial charge in [-0.25, -0.2) is 0 Å². The Bertz CT molecular complexity index is 402. The molecule has 0 saturated heterocycles. The third-order valence-corrected chi connectivity index (χ3v) is 3.72. The highest BCUT2D eigenvalue weighted by molar-refractivity contribution is 5.65. The summed E-state index contributed by atoms with van der Waals surface area (Å²) in [4.78, 5) is 0. The standard InChI is InChI=1S/C13H24N4O/c1-4-6-10-12(14)13(17(2)16-10)15-9-7-5-8-11(9)18-3/h9,11,15H,4-8,14H2,1-3H3. The van der Waals surface area contributed by atoms with Gasteiger partial charge >= 0.3 is 0 Å². The number of nitrogens with zero attached hydrogens (tertiary/aromatic N) is 2. The SMILES string of the molecule is CCCc1nn(C)c(NC2CCCC2OC)c1N. The molecule has 102 valence electrons. The molecule has 2 atom stereocenters. The van der Waals surface area contributed by atoms with Gasteiger partial charge < -0.3 is 15.8 Å². The second-order valence-electron chi connectivity index (χ2n) is 5.04. The fraction of sp³-hybridized carbons (Fsp3) is 0.769. The smallest absolute Gasteiger partial charge is 0.148 e. The molecule has 5 nitrogen and oxygen atoms in total. The Morgan fingerprint density at radius 1 is 1.50 bits per heavy atom. The summed E-state index contributed by atoms with van der Waals surface area (Å²) in [5.74, 6) is 0.937. The normalized spacial score (nSPS) is 23.5. The Balaban J connectivity index is 2.13. The molecule has 0 amide bonds. The Morgan fingerprint density at radius 2 is 2.28 bits per heavy atom. The van der Waals surface area contributed by atoms with Crippen LogP contribution in [0.1, 0.15) is 38.3 Å². The molecule has 1 aliphatic rings. The van der Waals surface area contributed by atoms with E-state index in [1.165, 1.54) is 6.42 Å². The van der Waals surface area contributed by atoms with Crippen LogP contribution < -0.4 is 11.1 Å². The number of nitrogens with one attached hydrogen (secondary N) is 1. The maximum absolute atomic E-state index is 6.17. The number of hydrogen-bond donors (Lipinski definition) is 2. The summed E-state index contributed by atoms with van der Waals surface area (Å²) in [7, 11) is 3.72. The average Bonchev–Trinajstić information content (AvgIpc) is 2.90. The van der Waals surface area contributed by atoms with E-state index >= 15 is 0 Å². The van der Waals surface area contributed by atoms with Crippen molar-refractivity contribution in [3.63, 3.8) is 0 Å². The minimum atomic E-state index is 0.286. The summed E-state index contributed by atoms with van der Waals surface area (Å²) in [5.41, 5.74) is 7.96. The first-order valence-corrected chi connectivity index (χ1v) is 6.78. The van der Waals surface area contributed by atoms with Gasteiger partial charge in [0.05, 0.1) is 23.5 Å². The van der Waals surface area contributed by atoms with Gasteiger partial charge in [-0.3, -0.25) is 4.68 Å². The molecule has 0 bridgehead atoms. The van der Waals surface area contributed by atoms with Crippen molar-refractivity contribution in [1.29, 1.82) is 0 Å². The second kappa shape index (κ2) is 5.61. The minimum absolute atomic E-state index is 0.286. The van der Waals surface area contributed by atoms with Crippen molar-refractivity contribution >= 4 is 11.5 Å². The summed E-state index contributed by atoms with van der Waals surface area (Å²) in [6.45, 7) is 2.14. The quantitative estimate of drug-likeness (QED) is 0.840. The molecule has 2 unspecified atom stereocenters. The van der Waals surface area contributed by atoms with E-state index in [2.05, 4.69) is 17.3 Å². The van der Waals surface area contributed by atoms with Crippen LogP contribution in [0.25, 0.3) is 0 Å². The van der Waals surface area contributed by atoms with Crippen molar-refractivity contribution in [2.45, 2.75) is 51.2 Å². The van der Waals surface area contributed by atoms with Crippen LogP contribution in [0.2, 0.25) is 0 Å². The Morgan fingerprint density at radius 3 is 2.94 bits per heavy atom. The molecule has 1 aromatic rings. The molecule has 2 rings (SSSR count). The van der Waals surface area contributed by atoms with Gasteiger partial charge in [-0.05, 0) is 25.7 Å². The zero-order chi connectivity index (χ0) is 13.1. The van der Waals surface area contributed by atoms with Gasteiger partial charge in [0.2, 0.25) is 0 Å². The predicted octanol–water partition coefficient (Wildman–Crippen LogP) is 1.93. The van der Waals surface area contributed by atoms with Crippen LogP contribution in [-0.2, 0) is 18.2 Å². The summed E-state index contributed by atoms with van der Waals surface area (Å²) >= 11 is 0. The lowest BCUT2D eigenvalue weighted by Gasteiger charge is -2.21. The number of nitrogen functional groups attached to an aromatic ring is 1. The number of aryl methyl sites for hydroxylation is 2. The lowest BCUT2D eigenvalue weighted by molar-refractivity contribution is 0.101. The Labute approximate surface area is 109 Å². The van der Waals surface area contributed by atoms with E-state index < -0.39 is 0 Å². The van der Waals surface area contributed by atoms with Crippen molar-refractivity contribution < 1.29 is 4.74 Å². The summed E-state index contributed by atoms with van der Waals surface area (Å²) in [6.07, 6.45) is 5.73. The third-order valence-electron chi connectivity index (χ3n) is 3.72. The van der Waals surface area contributed by atoms with Gasteiger partial charge in [0.25, 0.3) is 0 Å². The molecule has 5 heteroatoms. The maximum atomic E-state index is 6.17. The first-order valence-electron chi connectivity index (χ1n) is 6.78. The van der Waals surface area contributed by atoms with Crippen molar-refractivity contribution in [3.8, 4) is 0 Å². The molecule has 1 aliphatic carbocycles. The van der Waals surface area contributed by atoms with E-state index in [1.807, 2.05) is 11.7 Å². The summed E-state index contributed by atoms with van der Waals surface area (Å²) in [6, 6.07) is 0.349. The maximum Gasteiger partial charge on any atom is 0.148 e. The lowest BCUT2D eigenvalue weighted by Crippen LogP contribution is -2.30. The number of hydrogen-bond acceptors (Lipinski definition) is 4. The van der Waals surface area contributed by atoms with E-state index in [-0.39, 0.29) is 6.10 Å². The average molecular weight is 252 g/mol. The second-order valence-corrected chi connectivity index (χ2v) is 5.04. The topological polar surface area (TPSA) is 65.1 Å². The largest absolute Gasteiger partial charge is 0.394 e. The van der Waals surface area contributed by atoms with E-state index in [0.717, 1.165) is 42.9 Å². The Kier molecular flexibility index (Phi) is 4.11. The minimum Gasteiger partial charge on any atom is -0.394 e. The third kappa shape index (κ3) is 2.46. The first kappa shape index (κ1) is 13.2. The number of nitrogens with two attached hydrogens (primary N) is 1. The molecule has 0 radical (unpaired) electrons. The van der Waals surface area contributed by atoms with Crippen molar-refractivity contribution in [2.75, 3.05) is 18.2 Å². The van der Waals surface area contributed by atoms with E-state index in [1.54, 1.807) is 7.11 Å². The summed E-state index contributed by atoms with van der Waals surface area (Å²) in [5, 5.41) is 7.99. The molecule has 18 heavy (non-hydrogen) atoms. The van der Waals surface area contributed by atoms with Crippen molar-refractivity contribution in [2.24, 2.45) is 7.05 Å².